The molecule has 0 spiro atoms. The highest BCUT2D eigenvalue weighted by Crippen LogP contribution is 2.34. The first-order valence-corrected chi connectivity index (χ1v) is 35.4. The van der Waals surface area contributed by atoms with Crippen molar-refractivity contribution in [2.75, 3.05) is 36.1 Å². The maximum atomic E-state index is 14.2. The van der Waals surface area contributed by atoms with Crippen LogP contribution in [0, 0.1) is 68.9 Å². The largest absolute Gasteiger partial charge is 0.495 e. The van der Waals surface area contributed by atoms with Crippen LogP contribution in [0.4, 0.5) is 28.8 Å². The molecule has 1 aliphatic heterocycles. The average Bonchev–Trinajstić information content (AvgIpc) is 0.910. The number of ether oxygens (including phenoxy) is 1. The Kier molecular flexibility index (Phi) is 23.2. The molecule has 0 aliphatic carbocycles. The number of hydrogen-bond donors (Lipinski definition) is 3. The number of methoxy groups -OCH3 is 1. The zero-order chi connectivity index (χ0) is 76.7. The van der Waals surface area contributed by atoms with Crippen molar-refractivity contribution in [3.05, 3.63) is 306 Å². The van der Waals surface area contributed by atoms with Crippen molar-refractivity contribution in [3.8, 4) is 63.8 Å². The number of carbonyl (C=O) groups excluding carboxylic acids is 1. The average molecular weight is 1440 g/mol. The van der Waals surface area contributed by atoms with Gasteiger partial charge in [-0.1, -0.05) is 115 Å². The minimum absolute atomic E-state index is 0.139. The molecule has 1 fully saturated rings. The van der Waals surface area contributed by atoms with Crippen molar-refractivity contribution in [2.45, 2.75) is 92.3 Å². The molecule has 22 nitrogen and oxygen atoms in total. The molecule has 8 heterocycles. The van der Waals surface area contributed by atoms with Crippen LogP contribution in [0.3, 0.4) is 0 Å². The van der Waals surface area contributed by atoms with E-state index in [0.29, 0.717) is 109 Å². The lowest BCUT2D eigenvalue weighted by Crippen LogP contribution is -2.27. The predicted octanol–water partition coefficient (Wildman–Crippen LogP) is 16.0. The second-order valence-corrected chi connectivity index (χ2v) is 25.7. The van der Waals surface area contributed by atoms with E-state index in [1.165, 1.54) is 18.6 Å². The number of nitrogens with zero attached hydrogens (tertiary/aromatic N) is 14. The Bertz CT molecular complexity index is 6050. The second-order valence-electron chi connectivity index (χ2n) is 25.7. The van der Waals surface area contributed by atoms with Crippen LogP contribution >= 0.6 is 0 Å². The first-order valence-electron chi connectivity index (χ1n) is 35.4. The summed E-state index contributed by atoms with van der Waals surface area (Å²) in [5, 5.41) is 23.6. The fourth-order valence-electron chi connectivity index (χ4n) is 13.1. The summed E-state index contributed by atoms with van der Waals surface area (Å²) < 4.78 is 10.3. The molecule has 538 valence electrons. The van der Waals surface area contributed by atoms with Crippen LogP contribution in [0.15, 0.2) is 215 Å². The highest BCUT2D eigenvalue weighted by atomic mass is 16.5. The van der Waals surface area contributed by atoms with Crippen LogP contribution in [0.1, 0.15) is 123 Å². The van der Waals surface area contributed by atoms with Crippen molar-refractivity contribution in [2.24, 2.45) is 0 Å². The maximum Gasteiger partial charge on any atom is 0.264 e. The molecule has 0 saturated carbocycles. The molecule has 1 amide bonds. The van der Waals surface area contributed by atoms with E-state index in [9.17, 15) is 24.4 Å². The lowest BCUT2D eigenvalue weighted by Gasteiger charge is -2.22. The minimum Gasteiger partial charge on any atom is -0.495 e. The Balaban J connectivity index is 0.000000153. The first-order chi connectivity index (χ1) is 53.0. The Morgan fingerprint density at radius 3 is 1.39 bits per heavy atom. The smallest absolute Gasteiger partial charge is 0.264 e. The van der Waals surface area contributed by atoms with E-state index in [2.05, 4.69) is 90.3 Å². The third kappa shape index (κ3) is 16.6. The zero-order valence-electron chi connectivity index (χ0n) is 61.3. The topological polar surface area (TPSA) is 254 Å². The first kappa shape index (κ1) is 74.3. The molecule has 0 unspecified atom stereocenters. The molecule has 0 bridgehead atoms. The van der Waals surface area contributed by atoms with Gasteiger partial charge in [0, 0.05) is 89.2 Å². The summed E-state index contributed by atoms with van der Waals surface area (Å²) in [7, 11) is 1.59. The molecule has 109 heavy (non-hydrogen) atoms. The van der Waals surface area contributed by atoms with Gasteiger partial charge in [-0.05, 0) is 156 Å². The fourth-order valence-corrected chi connectivity index (χ4v) is 13.1. The maximum absolute atomic E-state index is 14.2. The number of nitriles is 1. The predicted molar refractivity (Wildman–Crippen MR) is 427 cm³/mol. The number of carbonyl (C=O) groups is 1. The Hall–Kier alpha value is -14.4. The van der Waals surface area contributed by atoms with Gasteiger partial charge in [-0.2, -0.15) is 5.26 Å². The Labute approximate surface area is 630 Å². The molecule has 22 heteroatoms. The SMILES string of the molecule is Cc1ncc(C#N)c(N[C@@H](C)c2cc3cccc(C#CCCC(=O)N4CCCC4)c3c(=O)n2-c2ccccc2)n1.[C-]#[N+]c1cnc(C)nc1N[C@@H](C)c1cc2cccc(-c3ccc(OC)cn3)c2c(=O)n1-c1ccccc1.[C-]#[N+]c1cnc(C)nc1N[C@@H](C)c1cc2cccc(C#CC)c2c(=O)n1-c1ccccc1. The number of anilines is 3. The number of nitrogens with one attached hydrogen (secondary N) is 3. The van der Waals surface area contributed by atoms with Crippen LogP contribution in [0.5, 0.6) is 5.75 Å². The van der Waals surface area contributed by atoms with Gasteiger partial charge in [0.25, 0.3) is 16.7 Å². The minimum atomic E-state index is -0.370. The molecule has 7 aromatic heterocycles. The number of hydrogen-bond acceptors (Lipinski definition) is 16. The van der Waals surface area contributed by atoms with Gasteiger partial charge in [-0.3, -0.25) is 47.8 Å². The molecule has 3 N–H and O–H groups in total. The molecule has 3 atom stereocenters. The molecule has 6 aromatic carbocycles. The van der Waals surface area contributed by atoms with Crippen molar-refractivity contribution < 1.29 is 9.53 Å². The van der Waals surface area contributed by atoms with Crippen LogP contribution in [0.2, 0.25) is 0 Å². The van der Waals surface area contributed by atoms with E-state index in [4.69, 9.17) is 17.9 Å². The van der Waals surface area contributed by atoms with Crippen LogP contribution in [-0.4, -0.2) is 79.6 Å². The lowest BCUT2D eigenvalue weighted by molar-refractivity contribution is -0.130. The summed E-state index contributed by atoms with van der Waals surface area (Å²) in [6.45, 7) is 29.5. The summed E-state index contributed by atoms with van der Waals surface area (Å²) in [5.41, 5.74) is 7.65. The number of aryl methyl sites for hydroxylation is 3. The van der Waals surface area contributed by atoms with Gasteiger partial charge in [0.15, 0.2) is 0 Å². The monoisotopic (exact) mass is 1440 g/mol. The van der Waals surface area contributed by atoms with Crippen molar-refractivity contribution in [1.29, 1.82) is 5.26 Å². The van der Waals surface area contributed by atoms with Crippen LogP contribution in [-0.2, 0) is 4.79 Å². The number of benzene rings is 6. The molecule has 13 aromatic rings. The number of pyridine rings is 4. The lowest BCUT2D eigenvalue weighted by atomic mass is 10.0. The number of aromatic nitrogens is 10. The van der Waals surface area contributed by atoms with Gasteiger partial charge in [-0.15, -0.1) is 5.92 Å². The summed E-state index contributed by atoms with van der Waals surface area (Å²) in [4.78, 5) is 93.6. The van der Waals surface area contributed by atoms with Crippen molar-refractivity contribution in [1.82, 2.24) is 53.5 Å². The summed E-state index contributed by atoms with van der Waals surface area (Å²) in [6, 6.07) is 56.3. The molecular formula is C87H75N17O5. The van der Waals surface area contributed by atoms with E-state index in [1.807, 2.05) is 202 Å². The summed E-state index contributed by atoms with van der Waals surface area (Å²) in [6.07, 6.45) is 9.09. The zero-order valence-corrected chi connectivity index (χ0v) is 61.3. The highest BCUT2D eigenvalue weighted by Gasteiger charge is 2.25. The summed E-state index contributed by atoms with van der Waals surface area (Å²) in [5.74, 6) is 16.0. The van der Waals surface area contributed by atoms with Crippen LogP contribution < -0.4 is 37.4 Å². The van der Waals surface area contributed by atoms with E-state index in [-0.39, 0.29) is 40.7 Å². The molecule has 1 aliphatic rings. The summed E-state index contributed by atoms with van der Waals surface area (Å²) >= 11 is 0. The Morgan fingerprint density at radius 2 is 0.954 bits per heavy atom. The Morgan fingerprint density at radius 1 is 0.523 bits per heavy atom. The normalized spacial score (nSPS) is 12.2. The van der Waals surface area contributed by atoms with Gasteiger partial charge in [-0.25, -0.2) is 29.6 Å². The number of fused-ring (bicyclic) bond motifs is 3. The molecule has 1 saturated heterocycles. The quantitative estimate of drug-likeness (QED) is 0.0600. The molecular weight excluding hydrogens is 1360 g/mol. The van der Waals surface area contributed by atoms with E-state index in [1.54, 1.807) is 54.7 Å². The van der Waals surface area contributed by atoms with Crippen molar-refractivity contribution in [3.63, 3.8) is 0 Å². The van der Waals surface area contributed by atoms with Crippen LogP contribution in [0.25, 0.3) is 70.3 Å². The third-order valence-electron chi connectivity index (χ3n) is 18.4. The third-order valence-corrected chi connectivity index (χ3v) is 18.4. The standard InChI is InChI=1S/C32H30N6O2.C29H24N6O2.C26H21N5O/c1-22(35-31-26(20-33)21-34-23(2)36-31)28-19-25-13-10-12-24(11-6-7-16-29(39)37-17-8-9-18-37)30(25)32(40)38(28)27-14-4-3-5-15-27;1-18(33-28-25(30-3)17-31-19(2)34-28)26-15-20-9-8-12-23(24-14-13-22(37-4)16-32-24)27(20)29(36)35(26)21-10-6-5-7-11-21;1-5-10-19-11-9-12-20-15-23(17(2)29-25-22(27-4)16-28-18(3)30-25)31(26(32)24(19)20)21-13-7-6-8-14-21/h3-5,10,12-15,19,21-22H,7-9,16-18H2,1-2H3,(H,34,35,36);5-18H,1-2,4H3,(H,31,33,34);6-9,11-17H,1-3H3,(H,28,29,30)/t22-;18-;17-/m000/s1. The number of para-hydroxylation sites is 3. The highest BCUT2D eigenvalue weighted by molar-refractivity contribution is 5.96. The molecule has 0 radical (unpaired) electrons. The number of likely N-dealkylation sites (tertiary alicyclic amines) is 1. The van der Waals surface area contributed by atoms with Crippen molar-refractivity contribution >= 4 is 67.1 Å². The van der Waals surface area contributed by atoms with E-state index < -0.39 is 0 Å². The second kappa shape index (κ2) is 34.0. The number of amides is 1. The van der Waals surface area contributed by atoms with Gasteiger partial charge in [0.1, 0.15) is 52.3 Å². The molecule has 14 rings (SSSR count). The van der Waals surface area contributed by atoms with Gasteiger partial charge in [0.05, 0.1) is 72.6 Å². The van der Waals surface area contributed by atoms with Gasteiger partial charge < -0.3 is 25.6 Å². The van der Waals surface area contributed by atoms with E-state index >= 15 is 0 Å². The number of rotatable bonds is 16. The van der Waals surface area contributed by atoms with Gasteiger partial charge in [0.2, 0.25) is 17.3 Å². The van der Waals surface area contributed by atoms with Gasteiger partial charge >= 0.3 is 0 Å². The van der Waals surface area contributed by atoms with E-state index in [0.717, 1.165) is 76.1 Å². The fraction of sp³-hybridized carbons (Fsp3) is 0.195.